The van der Waals surface area contributed by atoms with Gasteiger partial charge in [-0.25, -0.2) is 20.1 Å². The number of tetrazole rings is 1. The lowest BCUT2D eigenvalue weighted by Gasteiger charge is -2.33. The second-order valence-electron chi connectivity index (χ2n) is 9.79. The van der Waals surface area contributed by atoms with Gasteiger partial charge in [0.15, 0.2) is 0 Å². The number of thiazole rings is 1. The molecule has 1 atom stereocenters. The summed E-state index contributed by atoms with van der Waals surface area (Å²) in [7, 11) is 0. The number of carbonyl (C=O) groups excluding carboxylic acids is 1. The zero-order chi connectivity index (χ0) is 29.5. The molecule has 11 nitrogen and oxygen atoms in total. The number of carbonyl (C=O) groups is 1. The molecule has 1 amide bonds. The Morgan fingerprint density at radius 1 is 1.12 bits per heavy atom. The maximum Gasteiger partial charge on any atom is 0.416 e. The maximum absolute atomic E-state index is 13.1. The third-order valence-electron chi connectivity index (χ3n) is 6.80. The van der Waals surface area contributed by atoms with Crippen LogP contribution in [-0.2, 0) is 18.2 Å². The molecule has 6 rings (SSSR count). The van der Waals surface area contributed by atoms with Gasteiger partial charge < -0.3 is 10.4 Å². The number of benzene rings is 1. The molecule has 0 fully saturated rings. The molecule has 0 aliphatic heterocycles. The molecule has 42 heavy (non-hydrogen) atoms. The van der Waals surface area contributed by atoms with Gasteiger partial charge in [-0.3, -0.25) is 10.1 Å². The smallest absolute Gasteiger partial charge is 0.378 e. The molecule has 1 aromatic carbocycles. The molecule has 4 N–H and O–H groups in total. The Kier molecular flexibility index (Phi) is 6.90. The van der Waals surface area contributed by atoms with Crippen LogP contribution in [-0.4, -0.2) is 46.6 Å². The first-order valence-corrected chi connectivity index (χ1v) is 13.6. The summed E-state index contributed by atoms with van der Waals surface area (Å²) >= 11 is 1.28. The molecule has 0 saturated heterocycles. The van der Waals surface area contributed by atoms with E-state index in [0.29, 0.717) is 51.8 Å². The van der Waals surface area contributed by atoms with E-state index in [2.05, 4.69) is 46.2 Å². The molecular formula is C27H22F3N9O2S. The predicted octanol–water partition coefficient (Wildman–Crippen LogP) is 5.01. The number of hydrogen-bond donors (Lipinski definition) is 4. The van der Waals surface area contributed by atoms with Crippen molar-refractivity contribution in [1.82, 2.24) is 35.6 Å². The third kappa shape index (κ3) is 5.43. The Labute approximate surface area is 240 Å². The minimum atomic E-state index is -4.50. The molecule has 0 unspecified atom stereocenters. The van der Waals surface area contributed by atoms with Crippen LogP contribution < -0.4 is 10.6 Å². The lowest BCUT2D eigenvalue weighted by molar-refractivity contribution is -0.137. The topological polar surface area (TPSA) is 154 Å². The van der Waals surface area contributed by atoms with Gasteiger partial charge in [-0.1, -0.05) is 11.2 Å². The van der Waals surface area contributed by atoms with Crippen molar-refractivity contribution in [2.24, 2.45) is 0 Å². The molecule has 15 heteroatoms. The number of alkyl halides is 3. The number of anilines is 3. The number of hydrogen-bond acceptors (Lipinski definition) is 10. The predicted molar refractivity (Wildman–Crippen MR) is 147 cm³/mol. The van der Waals surface area contributed by atoms with Crippen molar-refractivity contribution in [2.45, 2.75) is 38.0 Å². The molecule has 214 valence electrons. The number of aliphatic hydroxyl groups is 1. The normalized spacial score (nSPS) is 16.6. The summed E-state index contributed by atoms with van der Waals surface area (Å²) in [6.07, 6.45) is 0.00858. The van der Waals surface area contributed by atoms with E-state index in [0.717, 1.165) is 29.5 Å². The molecule has 4 heterocycles. The van der Waals surface area contributed by atoms with Crippen molar-refractivity contribution in [1.29, 1.82) is 0 Å². The van der Waals surface area contributed by atoms with Gasteiger partial charge in [0.1, 0.15) is 22.2 Å². The number of aryl methyl sites for hydroxylation is 2. The highest BCUT2D eigenvalue weighted by atomic mass is 32.1. The van der Waals surface area contributed by atoms with E-state index in [4.69, 9.17) is 0 Å². The fourth-order valence-corrected chi connectivity index (χ4v) is 5.89. The zero-order valence-electron chi connectivity index (χ0n) is 21.9. The average Bonchev–Trinajstić information content (AvgIpc) is 3.66. The fraction of sp³-hybridized carbons (Fsp3) is 0.222. The number of aromatic amines is 1. The Bertz CT molecular complexity index is 1780. The van der Waals surface area contributed by atoms with Crippen LogP contribution in [0.5, 0.6) is 0 Å². The van der Waals surface area contributed by atoms with E-state index < -0.39 is 23.2 Å². The van der Waals surface area contributed by atoms with Gasteiger partial charge in [0.2, 0.25) is 5.95 Å². The van der Waals surface area contributed by atoms with Gasteiger partial charge in [0.25, 0.3) is 5.91 Å². The van der Waals surface area contributed by atoms with Gasteiger partial charge in [-0.2, -0.15) is 13.2 Å². The van der Waals surface area contributed by atoms with Crippen LogP contribution in [0.15, 0.2) is 54.9 Å². The number of nitrogens with one attached hydrogen (secondary N) is 3. The number of rotatable bonds is 6. The molecule has 5 aromatic rings. The van der Waals surface area contributed by atoms with Crippen molar-refractivity contribution in [2.75, 3.05) is 10.6 Å². The first kappa shape index (κ1) is 27.4. The second-order valence-corrected chi connectivity index (χ2v) is 10.8. The molecule has 1 aliphatic carbocycles. The van der Waals surface area contributed by atoms with Crippen molar-refractivity contribution in [3.05, 3.63) is 87.7 Å². The number of nitrogens with zero attached hydrogens (tertiary/aromatic N) is 6. The third-order valence-corrected chi connectivity index (χ3v) is 7.97. The summed E-state index contributed by atoms with van der Waals surface area (Å²) in [5.41, 5.74) is 1.07. The van der Waals surface area contributed by atoms with E-state index in [1.807, 2.05) is 13.0 Å². The summed E-state index contributed by atoms with van der Waals surface area (Å²) in [5, 5.41) is 30.8. The van der Waals surface area contributed by atoms with Crippen LogP contribution in [0.4, 0.5) is 30.8 Å². The van der Waals surface area contributed by atoms with Crippen LogP contribution in [0, 0.1) is 6.92 Å². The minimum Gasteiger partial charge on any atom is -0.378 e. The first-order chi connectivity index (χ1) is 20.1. The van der Waals surface area contributed by atoms with Crippen LogP contribution in [0.2, 0.25) is 0 Å². The van der Waals surface area contributed by atoms with Gasteiger partial charge in [-0.15, -0.1) is 11.3 Å². The quantitative estimate of drug-likeness (QED) is 0.213. The standard InChI is InChI=1S/C27H22F3N9O2S/c1-14-9-19(33-22(10-14)34-21-12-17(6-8-31-21)27(28,29)30)20-13-32-24(42-20)26(41)7-2-3-15-11-16(4-5-18(15)26)23(40)35-25-36-38-39-37-25/h4-6,8-13,41H,2-3,7H2,1H3,(H,31,33,34)(H2,35,36,37,38,39,40)/t26-/m0/s1. The molecule has 4 aromatic heterocycles. The molecule has 1 aliphatic rings. The average molecular weight is 594 g/mol. The molecular weight excluding hydrogens is 571 g/mol. The summed E-state index contributed by atoms with van der Waals surface area (Å²) in [6.45, 7) is 1.84. The Morgan fingerprint density at radius 2 is 1.98 bits per heavy atom. The summed E-state index contributed by atoms with van der Waals surface area (Å²) < 4.78 is 39.4. The number of aromatic nitrogens is 7. The molecule has 0 bridgehead atoms. The summed E-state index contributed by atoms with van der Waals surface area (Å²) in [6, 6.07) is 10.5. The van der Waals surface area contributed by atoms with Crippen molar-refractivity contribution < 1.29 is 23.1 Å². The van der Waals surface area contributed by atoms with Crippen LogP contribution in [0.3, 0.4) is 0 Å². The van der Waals surface area contributed by atoms with Crippen molar-refractivity contribution in [3.8, 4) is 10.6 Å². The van der Waals surface area contributed by atoms with E-state index in [-0.39, 0.29) is 11.8 Å². The Balaban J connectivity index is 1.26. The van der Waals surface area contributed by atoms with E-state index in [9.17, 15) is 23.1 Å². The van der Waals surface area contributed by atoms with Gasteiger partial charge in [0.05, 0.1) is 16.1 Å². The molecule has 0 radical (unpaired) electrons. The number of fused-ring (bicyclic) bond motifs is 1. The highest BCUT2D eigenvalue weighted by Gasteiger charge is 2.39. The minimum absolute atomic E-state index is 0.0116. The Hall–Kier alpha value is -4.76. The number of halogens is 3. The van der Waals surface area contributed by atoms with Crippen LogP contribution in [0.25, 0.3) is 10.6 Å². The number of amides is 1. The lowest BCUT2D eigenvalue weighted by atomic mass is 9.79. The lowest BCUT2D eigenvalue weighted by Crippen LogP contribution is -2.32. The van der Waals surface area contributed by atoms with Gasteiger partial charge in [-0.05, 0) is 89.7 Å². The fourth-order valence-electron chi connectivity index (χ4n) is 4.88. The van der Waals surface area contributed by atoms with Gasteiger partial charge >= 0.3 is 6.18 Å². The maximum atomic E-state index is 13.1. The largest absolute Gasteiger partial charge is 0.416 e. The van der Waals surface area contributed by atoms with Crippen molar-refractivity contribution >= 4 is 34.8 Å². The van der Waals surface area contributed by atoms with Crippen molar-refractivity contribution in [3.63, 3.8) is 0 Å². The number of pyridine rings is 2. The molecule has 0 saturated carbocycles. The van der Waals surface area contributed by atoms with Crippen LogP contribution >= 0.6 is 11.3 Å². The van der Waals surface area contributed by atoms with E-state index >= 15 is 0 Å². The summed E-state index contributed by atoms with van der Waals surface area (Å²) in [4.78, 5) is 26.4. The SMILES string of the molecule is Cc1cc(Nc2cc(C(F)(F)F)ccn2)nc(-c2cnc([C@]3(O)CCCc4cc(C(=O)Nc5nnn[nH]5)ccc43)s2)c1. The van der Waals surface area contributed by atoms with E-state index in [1.54, 1.807) is 30.5 Å². The summed E-state index contributed by atoms with van der Waals surface area (Å²) in [5.74, 6) is 0.0639. The highest BCUT2D eigenvalue weighted by Crippen LogP contribution is 2.44. The van der Waals surface area contributed by atoms with Crippen LogP contribution in [0.1, 0.15) is 50.5 Å². The first-order valence-electron chi connectivity index (χ1n) is 12.7. The Morgan fingerprint density at radius 3 is 2.76 bits per heavy atom. The van der Waals surface area contributed by atoms with E-state index in [1.165, 1.54) is 11.3 Å². The number of H-pyrrole nitrogens is 1. The zero-order valence-corrected chi connectivity index (χ0v) is 22.7. The highest BCUT2D eigenvalue weighted by molar-refractivity contribution is 7.15. The molecule has 0 spiro atoms. The second kappa shape index (κ2) is 10.6. The monoisotopic (exact) mass is 593 g/mol. The van der Waals surface area contributed by atoms with Gasteiger partial charge in [0, 0.05) is 18.0 Å².